The molecule has 5 heteroatoms. The van der Waals surface area contributed by atoms with Crippen LogP contribution in [0.2, 0.25) is 0 Å². The van der Waals surface area contributed by atoms with E-state index in [4.69, 9.17) is 5.73 Å². The molecule has 0 amide bonds. The lowest BCUT2D eigenvalue weighted by atomic mass is 10.1. The van der Waals surface area contributed by atoms with Crippen LogP contribution in [-0.4, -0.2) is 4.98 Å². The number of rotatable bonds is 1. The van der Waals surface area contributed by atoms with Gasteiger partial charge in [-0.1, -0.05) is 0 Å². The van der Waals surface area contributed by atoms with Crippen LogP contribution in [0.4, 0.5) is 14.5 Å². The Morgan fingerprint density at radius 2 is 2.07 bits per heavy atom. The van der Waals surface area contributed by atoms with Gasteiger partial charge in [0, 0.05) is 17.0 Å². The van der Waals surface area contributed by atoms with Crippen molar-refractivity contribution < 1.29 is 8.78 Å². The monoisotopic (exact) mass is 211 g/mol. The van der Waals surface area contributed by atoms with Gasteiger partial charge in [0.05, 0.1) is 11.4 Å². The summed E-state index contributed by atoms with van der Waals surface area (Å²) in [6.07, 6.45) is 0. The van der Waals surface area contributed by atoms with Gasteiger partial charge in [-0.05, 0) is 6.07 Å². The second-order valence-electron chi connectivity index (χ2n) is 2.68. The molecule has 2 nitrogen and oxygen atoms in total. The summed E-state index contributed by atoms with van der Waals surface area (Å²) >= 11 is 1.22. The predicted molar refractivity (Wildman–Crippen MR) is 50.7 cm³/mol. The van der Waals surface area contributed by atoms with Gasteiger partial charge < -0.3 is 5.73 Å². The van der Waals surface area contributed by atoms with Gasteiger partial charge >= 0.3 is 0 Å². The summed E-state index contributed by atoms with van der Waals surface area (Å²) in [7, 11) is 0. The highest BCUT2D eigenvalue weighted by Gasteiger charge is 2.10. The molecule has 14 heavy (non-hydrogen) atoms. The maximum Gasteiger partial charge on any atom is 0.152 e. The molecule has 0 saturated carbocycles. The molecule has 71 valence electrons. The Hall–Kier alpha value is -1.49. The number of nitrogens with two attached hydrogens (primary N) is 1. The lowest BCUT2D eigenvalue weighted by Gasteiger charge is -2.02. The SMILES string of the molecule is Nc1cc(-c2cs[c]n2)c(F)cc1F. The van der Waals surface area contributed by atoms with Crippen LogP contribution in [-0.2, 0) is 0 Å². The molecule has 0 aliphatic rings. The van der Waals surface area contributed by atoms with Crippen molar-refractivity contribution in [3.63, 3.8) is 0 Å². The van der Waals surface area contributed by atoms with Crippen molar-refractivity contribution in [1.82, 2.24) is 4.98 Å². The quantitative estimate of drug-likeness (QED) is 0.736. The van der Waals surface area contributed by atoms with E-state index < -0.39 is 11.6 Å². The van der Waals surface area contributed by atoms with Crippen LogP contribution in [0.3, 0.4) is 0 Å². The summed E-state index contributed by atoms with van der Waals surface area (Å²) in [4.78, 5) is 3.79. The Morgan fingerprint density at radius 3 is 2.71 bits per heavy atom. The number of halogens is 2. The third-order valence-electron chi connectivity index (χ3n) is 1.75. The Balaban J connectivity index is 2.60. The van der Waals surface area contributed by atoms with Crippen LogP contribution in [0.25, 0.3) is 11.3 Å². The summed E-state index contributed by atoms with van der Waals surface area (Å²) in [5.41, 5.74) is 8.42. The Bertz CT molecular complexity index is 454. The fraction of sp³-hybridized carbons (Fsp3) is 0. The number of hydrogen-bond donors (Lipinski definition) is 1. The molecule has 0 aliphatic heterocycles. The molecule has 0 saturated heterocycles. The Labute approximate surface area is 83.0 Å². The van der Waals surface area contributed by atoms with E-state index in [0.717, 1.165) is 6.07 Å². The zero-order chi connectivity index (χ0) is 10.1. The molecule has 0 aliphatic carbocycles. The largest absolute Gasteiger partial charge is 0.396 e. The second-order valence-corrected chi connectivity index (χ2v) is 3.33. The minimum absolute atomic E-state index is 0.0885. The Morgan fingerprint density at radius 1 is 1.29 bits per heavy atom. The molecule has 0 fully saturated rings. The van der Waals surface area contributed by atoms with Gasteiger partial charge in [0.2, 0.25) is 0 Å². The average Bonchev–Trinajstić information content (AvgIpc) is 2.64. The van der Waals surface area contributed by atoms with Gasteiger partial charge in [-0.3, -0.25) is 0 Å². The third-order valence-corrected chi connectivity index (χ3v) is 2.29. The number of anilines is 1. The molecule has 0 unspecified atom stereocenters. The number of hydrogen-bond acceptors (Lipinski definition) is 3. The maximum atomic E-state index is 13.2. The first-order valence-electron chi connectivity index (χ1n) is 3.75. The third kappa shape index (κ3) is 1.46. The first-order chi connectivity index (χ1) is 6.68. The molecule has 0 atom stereocenters. The van der Waals surface area contributed by atoms with Crippen molar-refractivity contribution in [2.75, 3.05) is 5.73 Å². The number of nitrogen functional groups attached to an aromatic ring is 1. The highest BCUT2D eigenvalue weighted by atomic mass is 32.1. The Kier molecular flexibility index (Phi) is 2.17. The average molecular weight is 211 g/mol. The van der Waals surface area contributed by atoms with E-state index in [9.17, 15) is 8.78 Å². The van der Waals surface area contributed by atoms with E-state index in [1.807, 2.05) is 0 Å². The molecule has 1 radical (unpaired) electrons. The molecule has 1 aromatic carbocycles. The number of aromatic nitrogens is 1. The van der Waals surface area contributed by atoms with Crippen LogP contribution in [0.5, 0.6) is 0 Å². The van der Waals surface area contributed by atoms with E-state index in [1.54, 1.807) is 5.38 Å². The van der Waals surface area contributed by atoms with Gasteiger partial charge in [0.1, 0.15) is 11.6 Å². The molecule has 2 N–H and O–H groups in total. The van der Waals surface area contributed by atoms with Gasteiger partial charge in [-0.25, -0.2) is 13.8 Å². The molecular formula is C9H5F2N2S. The number of thiazole rings is 1. The molecule has 2 rings (SSSR count). The van der Waals surface area contributed by atoms with Crippen LogP contribution in [0.1, 0.15) is 0 Å². The van der Waals surface area contributed by atoms with E-state index in [1.165, 1.54) is 17.4 Å². The predicted octanol–water partition coefficient (Wildman–Crippen LogP) is 2.47. The number of nitrogens with zero attached hydrogens (tertiary/aromatic N) is 1. The summed E-state index contributed by atoms with van der Waals surface area (Å²) < 4.78 is 26.1. The topological polar surface area (TPSA) is 38.9 Å². The summed E-state index contributed by atoms with van der Waals surface area (Å²) in [5.74, 6) is -1.43. The first kappa shape index (κ1) is 9.08. The fourth-order valence-electron chi connectivity index (χ4n) is 1.07. The second kappa shape index (κ2) is 3.34. The van der Waals surface area contributed by atoms with Crippen molar-refractivity contribution in [3.05, 3.63) is 34.7 Å². The lowest BCUT2D eigenvalue weighted by molar-refractivity contribution is 0.588. The minimum atomic E-state index is -0.759. The van der Waals surface area contributed by atoms with E-state index >= 15 is 0 Å². The van der Waals surface area contributed by atoms with Gasteiger partial charge in [0.25, 0.3) is 0 Å². The van der Waals surface area contributed by atoms with Crippen molar-refractivity contribution in [2.45, 2.75) is 0 Å². The molecule has 1 heterocycles. The van der Waals surface area contributed by atoms with Crippen molar-refractivity contribution >= 4 is 17.0 Å². The zero-order valence-corrected chi connectivity index (χ0v) is 7.74. The lowest BCUT2D eigenvalue weighted by Crippen LogP contribution is -1.94. The van der Waals surface area contributed by atoms with Crippen LogP contribution >= 0.6 is 11.3 Å². The summed E-state index contributed by atoms with van der Waals surface area (Å²) in [5, 5.41) is 1.62. The van der Waals surface area contributed by atoms with E-state index in [0.29, 0.717) is 5.69 Å². The molecule has 1 aromatic heterocycles. The van der Waals surface area contributed by atoms with Crippen molar-refractivity contribution in [2.24, 2.45) is 0 Å². The van der Waals surface area contributed by atoms with Crippen LogP contribution < -0.4 is 5.73 Å². The van der Waals surface area contributed by atoms with Gasteiger partial charge in [0.15, 0.2) is 5.51 Å². The molecule has 2 aromatic rings. The van der Waals surface area contributed by atoms with Gasteiger partial charge in [-0.2, -0.15) is 0 Å². The van der Waals surface area contributed by atoms with Crippen molar-refractivity contribution in [3.8, 4) is 11.3 Å². The van der Waals surface area contributed by atoms with Gasteiger partial charge in [-0.15, -0.1) is 11.3 Å². The molecule has 0 bridgehead atoms. The molecule has 0 spiro atoms. The fourth-order valence-corrected chi connectivity index (χ4v) is 1.56. The van der Waals surface area contributed by atoms with Crippen molar-refractivity contribution in [1.29, 1.82) is 0 Å². The van der Waals surface area contributed by atoms with Crippen LogP contribution in [0.15, 0.2) is 17.5 Å². The highest BCUT2D eigenvalue weighted by molar-refractivity contribution is 7.07. The number of benzene rings is 1. The normalized spacial score (nSPS) is 10.4. The standard InChI is InChI=1S/C9H5F2N2S/c10-6-2-7(11)8(12)1-5(6)9-3-14-4-13-9/h1-3H,12H2. The zero-order valence-electron chi connectivity index (χ0n) is 6.92. The minimum Gasteiger partial charge on any atom is -0.396 e. The highest BCUT2D eigenvalue weighted by Crippen LogP contribution is 2.26. The summed E-state index contributed by atoms with van der Waals surface area (Å²) in [6.45, 7) is 0. The van der Waals surface area contributed by atoms with E-state index in [2.05, 4.69) is 10.5 Å². The maximum absolute atomic E-state index is 13.2. The van der Waals surface area contributed by atoms with Crippen LogP contribution in [0, 0.1) is 17.1 Å². The summed E-state index contributed by atoms with van der Waals surface area (Å²) in [6, 6.07) is 1.98. The smallest absolute Gasteiger partial charge is 0.152 e. The van der Waals surface area contributed by atoms with E-state index in [-0.39, 0.29) is 11.3 Å². The molecular weight excluding hydrogens is 206 g/mol. The first-order valence-corrected chi connectivity index (χ1v) is 4.63.